The fourth-order valence-corrected chi connectivity index (χ4v) is 4.05. The molecule has 0 saturated carbocycles. The van der Waals surface area contributed by atoms with Crippen LogP contribution >= 0.6 is 0 Å². The highest BCUT2D eigenvalue weighted by Crippen LogP contribution is 2.38. The second-order valence-corrected chi connectivity index (χ2v) is 8.54. The van der Waals surface area contributed by atoms with Gasteiger partial charge in [-0.1, -0.05) is 17.7 Å². The minimum atomic E-state index is -4.98. The molecule has 190 valence electrons. The number of rotatable bonds is 5. The molecule has 1 saturated heterocycles. The summed E-state index contributed by atoms with van der Waals surface area (Å²) in [6.45, 7) is 2.78. The third-order valence-corrected chi connectivity index (χ3v) is 6.22. The first-order valence-corrected chi connectivity index (χ1v) is 11.0. The Bertz CT molecular complexity index is 1050. The van der Waals surface area contributed by atoms with Crippen LogP contribution in [-0.2, 0) is 17.1 Å². The molecule has 1 heterocycles. The van der Waals surface area contributed by atoms with E-state index in [9.17, 15) is 35.5 Å². The molecule has 2 aromatic rings. The van der Waals surface area contributed by atoms with E-state index in [-0.39, 0.29) is 18.1 Å². The summed E-state index contributed by atoms with van der Waals surface area (Å²) < 4.78 is 93.1. The molecule has 1 atom stereocenters. The standard InChI is InChI=1S/C25H25F7N2O/c1-15(18-11-19(24(27,28)29)13-20(12-18)25(30,31)32)34(2)23(35)14-22(17-7-9-33-10-8-17)16-3-5-21(26)6-4-16/h3-6,11-13,15,33H,7-10,14H2,1-2H3/t15-/m0/s1. The van der Waals surface area contributed by atoms with E-state index in [4.69, 9.17) is 0 Å². The highest BCUT2D eigenvalue weighted by molar-refractivity contribution is 5.90. The van der Waals surface area contributed by atoms with Gasteiger partial charge in [-0.05, 0) is 79.9 Å². The lowest BCUT2D eigenvalue weighted by Gasteiger charge is -2.28. The van der Waals surface area contributed by atoms with Gasteiger partial charge in [0.25, 0.3) is 0 Å². The topological polar surface area (TPSA) is 32.3 Å². The van der Waals surface area contributed by atoms with E-state index in [1.807, 2.05) is 0 Å². The van der Waals surface area contributed by atoms with E-state index in [1.165, 1.54) is 26.1 Å². The summed E-state index contributed by atoms with van der Waals surface area (Å²) in [4.78, 5) is 14.3. The number of halogens is 7. The smallest absolute Gasteiger partial charge is 0.339 e. The van der Waals surface area contributed by atoms with Crippen LogP contribution in [0.1, 0.15) is 54.5 Å². The first-order chi connectivity index (χ1) is 16.3. The Balaban J connectivity index is 1.92. The average Bonchev–Trinajstić information content (AvgIpc) is 2.81. The van der Waals surface area contributed by atoms with Crippen LogP contribution < -0.4 is 5.32 Å². The van der Waals surface area contributed by atoms with Crippen molar-refractivity contribution in [3.05, 3.63) is 76.1 Å². The fraction of sp³-hybridized carbons (Fsp3) is 0.400. The maximum atomic E-state index is 13.4. The molecule has 0 spiro atoms. The van der Waals surface area contributed by atoms with E-state index >= 15 is 0 Å². The zero-order chi connectivity index (χ0) is 26.0. The molecule has 3 rings (SSSR count). The zero-order valence-electron chi connectivity index (χ0n) is 19.2. The second-order valence-electron chi connectivity index (χ2n) is 8.54. The van der Waals surface area contributed by atoms with E-state index < -0.39 is 41.2 Å². The van der Waals surface area contributed by atoms with Gasteiger partial charge >= 0.3 is 12.4 Å². The average molecular weight is 502 g/mol. The van der Waals surface area contributed by atoms with Gasteiger partial charge in [0.05, 0.1) is 23.6 Å². The van der Waals surface area contributed by atoms with Gasteiger partial charge in [-0.2, -0.15) is 26.3 Å². The molecule has 0 aliphatic carbocycles. The number of alkyl halides is 6. The maximum Gasteiger partial charge on any atom is 0.416 e. The Kier molecular flexibility index (Phi) is 7.93. The highest BCUT2D eigenvalue weighted by atomic mass is 19.4. The highest BCUT2D eigenvalue weighted by Gasteiger charge is 2.37. The summed E-state index contributed by atoms with van der Waals surface area (Å²) in [5.41, 5.74) is -0.798. The SMILES string of the molecule is C[C@@H](c1cc(C(F)(F)F)cc(C(F)(F)F)c1)N(C)C(=O)CC(=C1CCNCC1)c1ccc(F)cc1. The Morgan fingerprint density at radius 1 is 0.943 bits per heavy atom. The molecule has 0 radical (unpaired) electrons. The number of hydrogen-bond acceptors (Lipinski definition) is 2. The van der Waals surface area contributed by atoms with Gasteiger partial charge in [0, 0.05) is 7.05 Å². The number of benzene rings is 2. The minimum absolute atomic E-state index is 0.0617. The molecule has 3 nitrogen and oxygen atoms in total. The second kappa shape index (κ2) is 10.4. The Morgan fingerprint density at radius 2 is 1.46 bits per heavy atom. The van der Waals surface area contributed by atoms with Crippen molar-refractivity contribution in [2.24, 2.45) is 0 Å². The van der Waals surface area contributed by atoms with Crippen molar-refractivity contribution in [2.75, 3.05) is 20.1 Å². The molecule has 1 fully saturated rings. The normalized spacial score (nSPS) is 15.6. The zero-order valence-corrected chi connectivity index (χ0v) is 19.2. The summed E-state index contributed by atoms with van der Waals surface area (Å²) in [5, 5.41) is 3.21. The fourth-order valence-electron chi connectivity index (χ4n) is 4.05. The van der Waals surface area contributed by atoms with E-state index in [1.54, 1.807) is 12.1 Å². The number of amides is 1. The van der Waals surface area contributed by atoms with Gasteiger partial charge in [0.15, 0.2) is 0 Å². The van der Waals surface area contributed by atoms with Crippen molar-refractivity contribution in [2.45, 2.75) is 44.6 Å². The van der Waals surface area contributed by atoms with Crippen LogP contribution in [0, 0.1) is 5.82 Å². The molecular weight excluding hydrogens is 477 g/mol. The molecule has 1 aliphatic rings. The van der Waals surface area contributed by atoms with E-state index in [0.717, 1.165) is 10.5 Å². The van der Waals surface area contributed by atoms with Gasteiger partial charge in [-0.25, -0.2) is 4.39 Å². The number of carbonyl (C=O) groups is 1. The third-order valence-electron chi connectivity index (χ3n) is 6.22. The van der Waals surface area contributed by atoms with Crippen molar-refractivity contribution >= 4 is 11.5 Å². The number of nitrogens with zero attached hydrogens (tertiary/aromatic N) is 1. The van der Waals surface area contributed by atoms with Gasteiger partial charge in [-0.15, -0.1) is 0 Å². The predicted molar refractivity (Wildman–Crippen MR) is 118 cm³/mol. The van der Waals surface area contributed by atoms with Crippen molar-refractivity contribution in [3.8, 4) is 0 Å². The molecule has 2 aromatic carbocycles. The van der Waals surface area contributed by atoms with E-state index in [0.29, 0.717) is 49.2 Å². The maximum absolute atomic E-state index is 13.4. The Labute approximate surface area is 198 Å². The van der Waals surface area contributed by atoms with Gasteiger partial charge in [0.2, 0.25) is 5.91 Å². The van der Waals surface area contributed by atoms with Gasteiger partial charge < -0.3 is 10.2 Å². The molecule has 0 aromatic heterocycles. The third kappa shape index (κ3) is 6.62. The number of carbonyl (C=O) groups excluding carboxylic acids is 1. The molecule has 1 N–H and O–H groups in total. The molecule has 0 bridgehead atoms. The number of nitrogens with one attached hydrogen (secondary N) is 1. The largest absolute Gasteiger partial charge is 0.416 e. The summed E-state index contributed by atoms with van der Waals surface area (Å²) >= 11 is 0. The predicted octanol–water partition coefficient (Wildman–Crippen LogP) is 6.61. The summed E-state index contributed by atoms with van der Waals surface area (Å²) in [7, 11) is 1.34. The lowest BCUT2D eigenvalue weighted by Crippen LogP contribution is -2.31. The van der Waals surface area contributed by atoms with Crippen molar-refractivity contribution in [3.63, 3.8) is 0 Å². The van der Waals surface area contributed by atoms with Crippen molar-refractivity contribution in [1.29, 1.82) is 0 Å². The van der Waals surface area contributed by atoms with Crippen molar-refractivity contribution < 1.29 is 35.5 Å². The lowest BCUT2D eigenvalue weighted by atomic mass is 9.91. The summed E-state index contributed by atoms with van der Waals surface area (Å²) in [6, 6.07) is 5.93. The van der Waals surface area contributed by atoms with Gasteiger partial charge in [0.1, 0.15) is 5.82 Å². The Hall–Kier alpha value is -2.88. The van der Waals surface area contributed by atoms with Crippen LogP contribution in [0.15, 0.2) is 48.0 Å². The molecule has 1 amide bonds. The van der Waals surface area contributed by atoms with Crippen LogP contribution in [0.5, 0.6) is 0 Å². The molecule has 1 aliphatic heterocycles. The Morgan fingerprint density at radius 3 is 1.94 bits per heavy atom. The van der Waals surface area contributed by atoms with Crippen molar-refractivity contribution in [1.82, 2.24) is 10.2 Å². The molecule has 0 unspecified atom stereocenters. The monoisotopic (exact) mass is 502 g/mol. The summed E-state index contributed by atoms with van der Waals surface area (Å²) in [5.74, 6) is -0.917. The first-order valence-electron chi connectivity index (χ1n) is 11.0. The lowest BCUT2D eigenvalue weighted by molar-refractivity contribution is -0.143. The number of hydrogen-bond donors (Lipinski definition) is 1. The number of piperidine rings is 1. The molecular formula is C25H25F7N2O. The summed E-state index contributed by atoms with van der Waals surface area (Å²) in [6.07, 6.45) is -8.74. The molecule has 35 heavy (non-hydrogen) atoms. The van der Waals surface area contributed by atoms with Crippen LogP contribution in [0.3, 0.4) is 0 Å². The van der Waals surface area contributed by atoms with Gasteiger partial charge in [-0.3, -0.25) is 4.79 Å². The molecule has 10 heteroatoms. The quantitative estimate of drug-likeness (QED) is 0.467. The van der Waals surface area contributed by atoms with Crippen LogP contribution in [-0.4, -0.2) is 30.9 Å². The minimum Gasteiger partial charge on any atom is -0.339 e. The van der Waals surface area contributed by atoms with Crippen LogP contribution in [0.2, 0.25) is 0 Å². The van der Waals surface area contributed by atoms with Crippen LogP contribution in [0.25, 0.3) is 5.57 Å². The van der Waals surface area contributed by atoms with Crippen LogP contribution in [0.4, 0.5) is 30.7 Å². The van der Waals surface area contributed by atoms with E-state index in [2.05, 4.69) is 5.32 Å². The first kappa shape index (κ1) is 26.7.